The highest BCUT2D eigenvalue weighted by Crippen LogP contribution is 2.31. The lowest BCUT2D eigenvalue weighted by molar-refractivity contribution is -0.137. The molecule has 1 amide bonds. The van der Waals surface area contributed by atoms with Gasteiger partial charge in [0.1, 0.15) is 23.3 Å². The van der Waals surface area contributed by atoms with E-state index in [0.717, 1.165) is 11.1 Å². The Morgan fingerprint density at radius 2 is 2.00 bits per heavy atom. The minimum absolute atomic E-state index is 0.195. The van der Waals surface area contributed by atoms with E-state index in [-0.39, 0.29) is 11.5 Å². The van der Waals surface area contributed by atoms with E-state index in [0.29, 0.717) is 34.5 Å². The Hall–Kier alpha value is -3.09. The lowest BCUT2D eigenvalue weighted by Crippen LogP contribution is -2.37. The first-order valence-electron chi connectivity index (χ1n) is 8.63. The van der Waals surface area contributed by atoms with E-state index in [1.807, 2.05) is 19.9 Å². The zero-order chi connectivity index (χ0) is 19.7. The van der Waals surface area contributed by atoms with Crippen LogP contribution in [0.15, 0.2) is 38.2 Å². The summed E-state index contributed by atoms with van der Waals surface area (Å²) in [5.41, 5.74) is 2.93. The lowest BCUT2D eigenvalue weighted by Gasteiger charge is -2.22. The molecule has 1 unspecified atom stereocenters. The van der Waals surface area contributed by atoms with Crippen LogP contribution < -0.4 is 10.4 Å². The van der Waals surface area contributed by atoms with Crippen LogP contribution in [0.5, 0.6) is 5.75 Å². The fourth-order valence-electron chi connectivity index (χ4n) is 2.97. The molecule has 3 rings (SSSR count). The zero-order valence-corrected chi connectivity index (χ0v) is 16.0. The molecule has 0 bridgehead atoms. The maximum atomic E-state index is 12.7. The van der Waals surface area contributed by atoms with Gasteiger partial charge in [0.15, 0.2) is 6.10 Å². The minimum atomic E-state index is -0.724. The van der Waals surface area contributed by atoms with E-state index in [1.54, 1.807) is 33.0 Å². The summed E-state index contributed by atoms with van der Waals surface area (Å²) in [6.07, 6.45) is 0.740. The fraction of sp³-hybridized carbons (Fsp3) is 0.350. The molecule has 27 heavy (non-hydrogen) atoms. The van der Waals surface area contributed by atoms with Crippen molar-refractivity contribution in [3.05, 3.63) is 57.3 Å². The average molecular weight is 370 g/mol. The van der Waals surface area contributed by atoms with Crippen molar-refractivity contribution < 1.29 is 18.5 Å². The van der Waals surface area contributed by atoms with Crippen molar-refractivity contribution >= 4 is 16.9 Å². The number of amides is 1. The van der Waals surface area contributed by atoms with E-state index in [2.05, 4.69) is 5.16 Å². The van der Waals surface area contributed by atoms with Crippen molar-refractivity contribution in [1.82, 2.24) is 10.1 Å². The van der Waals surface area contributed by atoms with Gasteiger partial charge in [-0.05, 0) is 51.0 Å². The molecule has 0 aliphatic heterocycles. The number of rotatable bonds is 5. The Labute approximate surface area is 156 Å². The Kier molecular flexibility index (Phi) is 5.03. The molecule has 0 saturated carbocycles. The maximum absolute atomic E-state index is 12.7. The van der Waals surface area contributed by atoms with Crippen molar-refractivity contribution in [2.75, 3.05) is 7.05 Å². The second-order valence-electron chi connectivity index (χ2n) is 6.72. The summed E-state index contributed by atoms with van der Waals surface area (Å²) < 4.78 is 16.2. The summed E-state index contributed by atoms with van der Waals surface area (Å²) in [5, 5.41) is 4.52. The van der Waals surface area contributed by atoms with Crippen LogP contribution in [0.1, 0.15) is 29.3 Å². The predicted octanol–water partition coefficient (Wildman–Crippen LogP) is 3.13. The molecule has 0 radical (unpaired) electrons. The highest BCUT2D eigenvalue weighted by atomic mass is 16.5. The fourth-order valence-corrected chi connectivity index (χ4v) is 2.97. The number of nitrogens with zero attached hydrogens (tertiary/aromatic N) is 2. The van der Waals surface area contributed by atoms with Gasteiger partial charge < -0.3 is 18.6 Å². The number of aryl methyl sites for hydroxylation is 2. The number of carbonyl (C=O) groups is 1. The van der Waals surface area contributed by atoms with Gasteiger partial charge in [0.05, 0.1) is 11.9 Å². The third kappa shape index (κ3) is 3.72. The molecular weight excluding hydrogens is 348 g/mol. The SMILES string of the molecule is Cc1cc(OC(C)C(=O)N(C)Cc2ccon2)c2c(C)c(C)c(=O)oc2c1. The molecule has 7 nitrogen and oxygen atoms in total. The number of hydrogen-bond acceptors (Lipinski definition) is 6. The van der Waals surface area contributed by atoms with E-state index in [4.69, 9.17) is 13.7 Å². The molecule has 3 aromatic rings. The van der Waals surface area contributed by atoms with Gasteiger partial charge in [-0.2, -0.15) is 0 Å². The summed E-state index contributed by atoms with van der Waals surface area (Å²) in [6, 6.07) is 5.34. The lowest BCUT2D eigenvalue weighted by atomic mass is 10.0. The maximum Gasteiger partial charge on any atom is 0.339 e. The molecular formula is C20H22N2O5. The molecule has 0 spiro atoms. The summed E-state index contributed by atoms with van der Waals surface area (Å²) in [6.45, 7) is 7.46. The second kappa shape index (κ2) is 7.26. The first-order valence-corrected chi connectivity index (χ1v) is 8.63. The highest BCUT2D eigenvalue weighted by molar-refractivity contribution is 5.89. The molecule has 0 aliphatic rings. The van der Waals surface area contributed by atoms with Crippen LogP contribution in [-0.4, -0.2) is 29.1 Å². The van der Waals surface area contributed by atoms with Crippen LogP contribution in [0.3, 0.4) is 0 Å². The zero-order valence-electron chi connectivity index (χ0n) is 16.0. The van der Waals surface area contributed by atoms with Gasteiger partial charge >= 0.3 is 5.63 Å². The molecule has 2 heterocycles. The number of aromatic nitrogens is 1. The van der Waals surface area contributed by atoms with Crippen LogP contribution in [-0.2, 0) is 11.3 Å². The number of fused-ring (bicyclic) bond motifs is 1. The van der Waals surface area contributed by atoms with Gasteiger partial charge in [-0.15, -0.1) is 0 Å². The van der Waals surface area contributed by atoms with Crippen molar-refractivity contribution in [3.8, 4) is 5.75 Å². The Bertz CT molecular complexity index is 1040. The van der Waals surface area contributed by atoms with Gasteiger partial charge in [0.2, 0.25) is 0 Å². The average Bonchev–Trinajstić information content (AvgIpc) is 3.11. The Morgan fingerprint density at radius 1 is 1.26 bits per heavy atom. The van der Waals surface area contributed by atoms with Crippen molar-refractivity contribution in [2.45, 2.75) is 40.3 Å². The van der Waals surface area contributed by atoms with E-state index in [9.17, 15) is 9.59 Å². The number of hydrogen-bond donors (Lipinski definition) is 0. The normalized spacial score (nSPS) is 12.2. The summed E-state index contributed by atoms with van der Waals surface area (Å²) in [7, 11) is 1.68. The molecule has 1 atom stereocenters. The number of carbonyl (C=O) groups excluding carboxylic acids is 1. The van der Waals surface area contributed by atoms with E-state index >= 15 is 0 Å². The molecule has 0 saturated heterocycles. The standard InChI is InChI=1S/C20H22N2O5/c1-11-8-16(18-12(2)13(3)20(24)27-17(18)9-11)26-14(4)19(23)22(5)10-15-6-7-25-21-15/h6-9,14H,10H2,1-5H3. The van der Waals surface area contributed by atoms with Crippen molar-refractivity contribution in [2.24, 2.45) is 0 Å². The first-order chi connectivity index (χ1) is 12.8. The first kappa shape index (κ1) is 18.7. The monoisotopic (exact) mass is 370 g/mol. The van der Waals surface area contributed by atoms with Crippen molar-refractivity contribution in [1.29, 1.82) is 0 Å². The number of likely N-dealkylation sites (N-methyl/N-ethyl adjacent to an activating group) is 1. The quantitative estimate of drug-likeness (QED) is 0.642. The van der Waals surface area contributed by atoms with Gasteiger partial charge in [-0.1, -0.05) is 5.16 Å². The Balaban J connectivity index is 1.90. The predicted molar refractivity (Wildman–Crippen MR) is 99.8 cm³/mol. The third-order valence-corrected chi connectivity index (χ3v) is 4.57. The molecule has 1 aromatic carbocycles. The van der Waals surface area contributed by atoms with Crippen molar-refractivity contribution in [3.63, 3.8) is 0 Å². The Morgan fingerprint density at radius 3 is 2.67 bits per heavy atom. The van der Waals surface area contributed by atoms with Gasteiger partial charge in [-0.3, -0.25) is 4.79 Å². The van der Waals surface area contributed by atoms with Crippen LogP contribution in [0, 0.1) is 20.8 Å². The third-order valence-electron chi connectivity index (χ3n) is 4.57. The molecule has 0 aliphatic carbocycles. The summed E-state index contributed by atoms with van der Waals surface area (Å²) >= 11 is 0. The van der Waals surface area contributed by atoms with Crippen LogP contribution >= 0.6 is 0 Å². The van der Waals surface area contributed by atoms with Crippen LogP contribution in [0.2, 0.25) is 0 Å². The summed E-state index contributed by atoms with van der Waals surface area (Å²) in [5.74, 6) is 0.324. The van der Waals surface area contributed by atoms with Gasteiger partial charge in [0.25, 0.3) is 5.91 Å². The molecule has 2 aromatic heterocycles. The minimum Gasteiger partial charge on any atom is -0.480 e. The molecule has 7 heteroatoms. The highest BCUT2D eigenvalue weighted by Gasteiger charge is 2.22. The van der Waals surface area contributed by atoms with Gasteiger partial charge in [-0.25, -0.2) is 4.79 Å². The van der Waals surface area contributed by atoms with Crippen LogP contribution in [0.25, 0.3) is 11.0 Å². The van der Waals surface area contributed by atoms with Gasteiger partial charge in [0, 0.05) is 18.7 Å². The molecule has 0 N–H and O–H groups in total. The van der Waals surface area contributed by atoms with E-state index < -0.39 is 6.10 Å². The summed E-state index contributed by atoms with van der Waals surface area (Å²) in [4.78, 5) is 26.2. The number of ether oxygens (including phenoxy) is 1. The van der Waals surface area contributed by atoms with E-state index in [1.165, 1.54) is 11.2 Å². The molecule has 142 valence electrons. The molecule has 0 fully saturated rings. The topological polar surface area (TPSA) is 85.8 Å². The smallest absolute Gasteiger partial charge is 0.339 e. The number of benzene rings is 1. The second-order valence-corrected chi connectivity index (χ2v) is 6.72. The van der Waals surface area contributed by atoms with Crippen LogP contribution in [0.4, 0.5) is 0 Å². The largest absolute Gasteiger partial charge is 0.480 e.